The number of rotatable bonds is 3. The molecule has 5 heteroatoms. The van der Waals surface area contributed by atoms with E-state index in [1.54, 1.807) is 18.2 Å². The van der Waals surface area contributed by atoms with Crippen LogP contribution in [-0.2, 0) is 0 Å². The molecule has 22 heavy (non-hydrogen) atoms. The summed E-state index contributed by atoms with van der Waals surface area (Å²) < 4.78 is 5.78. The molecule has 2 N–H and O–H groups in total. The molecule has 5 nitrogen and oxygen atoms in total. The zero-order valence-corrected chi connectivity index (χ0v) is 11.9. The molecule has 0 spiro atoms. The highest BCUT2D eigenvalue weighted by Crippen LogP contribution is 2.25. The fourth-order valence-electron chi connectivity index (χ4n) is 2.09. The van der Waals surface area contributed by atoms with Crippen molar-refractivity contribution in [1.29, 1.82) is 0 Å². The Morgan fingerprint density at radius 3 is 2.36 bits per heavy atom. The molecular formula is C17H14N2O3. The van der Waals surface area contributed by atoms with Gasteiger partial charge in [0, 0.05) is 11.6 Å². The lowest BCUT2D eigenvalue weighted by atomic mass is 10.1. The number of nitrogens with one attached hydrogen (secondary N) is 2. The number of hydrogen-bond donors (Lipinski definition) is 2. The molecule has 0 radical (unpaired) electrons. The quantitative estimate of drug-likeness (QED) is 0.780. The van der Waals surface area contributed by atoms with E-state index in [1.807, 2.05) is 37.3 Å². The molecule has 0 bridgehead atoms. The van der Waals surface area contributed by atoms with Crippen LogP contribution in [0.5, 0.6) is 11.5 Å². The molecule has 0 saturated heterocycles. The maximum Gasteiger partial charge on any atom is 0.326 e. The van der Waals surface area contributed by atoms with Crippen molar-refractivity contribution in [2.45, 2.75) is 6.92 Å². The number of hydrogen-bond acceptors (Lipinski definition) is 3. The fraction of sp³-hybridized carbons (Fsp3) is 0.0588. The van der Waals surface area contributed by atoms with Crippen LogP contribution in [0.4, 0.5) is 0 Å². The number of aromatic nitrogens is 2. The summed E-state index contributed by atoms with van der Waals surface area (Å²) in [6.07, 6.45) is 0. The van der Waals surface area contributed by atoms with Gasteiger partial charge in [0.15, 0.2) is 0 Å². The zero-order valence-electron chi connectivity index (χ0n) is 11.9. The van der Waals surface area contributed by atoms with E-state index in [2.05, 4.69) is 9.97 Å². The number of aromatic amines is 2. The predicted molar refractivity (Wildman–Crippen MR) is 84.4 cm³/mol. The molecule has 0 aliphatic heterocycles. The third kappa shape index (κ3) is 3.15. The minimum absolute atomic E-state index is 0.441. The molecule has 0 saturated carbocycles. The van der Waals surface area contributed by atoms with Crippen molar-refractivity contribution in [3.05, 3.63) is 81.0 Å². The van der Waals surface area contributed by atoms with E-state index in [9.17, 15) is 9.59 Å². The van der Waals surface area contributed by atoms with E-state index in [0.717, 1.165) is 11.3 Å². The Hall–Kier alpha value is -3.08. The third-order valence-electron chi connectivity index (χ3n) is 3.16. The van der Waals surface area contributed by atoms with Gasteiger partial charge in [-0.3, -0.25) is 9.78 Å². The maximum absolute atomic E-state index is 11.4. The summed E-state index contributed by atoms with van der Waals surface area (Å²) in [5, 5.41) is 0. The molecule has 0 fully saturated rings. The van der Waals surface area contributed by atoms with Gasteiger partial charge in [-0.05, 0) is 31.2 Å². The predicted octanol–water partition coefficient (Wildman–Crippen LogP) is 2.83. The van der Waals surface area contributed by atoms with Gasteiger partial charge in [0.05, 0.1) is 5.69 Å². The first-order chi connectivity index (χ1) is 10.6. The van der Waals surface area contributed by atoms with Crippen LogP contribution < -0.4 is 16.0 Å². The van der Waals surface area contributed by atoms with Crippen molar-refractivity contribution in [3.63, 3.8) is 0 Å². The van der Waals surface area contributed by atoms with E-state index in [1.165, 1.54) is 6.07 Å². The lowest BCUT2D eigenvalue weighted by molar-refractivity contribution is 0.483. The average molecular weight is 294 g/mol. The van der Waals surface area contributed by atoms with Crippen LogP contribution >= 0.6 is 0 Å². The second kappa shape index (κ2) is 5.73. The Labute approximate surface area is 126 Å². The van der Waals surface area contributed by atoms with Crippen molar-refractivity contribution in [1.82, 2.24) is 9.97 Å². The van der Waals surface area contributed by atoms with Gasteiger partial charge in [0.25, 0.3) is 5.56 Å². The van der Waals surface area contributed by atoms with Gasteiger partial charge in [0.1, 0.15) is 11.5 Å². The van der Waals surface area contributed by atoms with Gasteiger partial charge in [-0.1, -0.05) is 29.8 Å². The normalized spacial score (nSPS) is 10.4. The summed E-state index contributed by atoms with van der Waals surface area (Å²) in [6, 6.07) is 16.2. The average Bonchev–Trinajstić information content (AvgIpc) is 2.49. The molecule has 0 aliphatic rings. The topological polar surface area (TPSA) is 75.0 Å². The molecule has 2 aromatic carbocycles. The van der Waals surface area contributed by atoms with Crippen LogP contribution in [0, 0.1) is 6.92 Å². The summed E-state index contributed by atoms with van der Waals surface area (Å²) >= 11 is 0. The highest BCUT2D eigenvalue weighted by atomic mass is 16.5. The van der Waals surface area contributed by atoms with Gasteiger partial charge in [-0.25, -0.2) is 4.79 Å². The van der Waals surface area contributed by atoms with Crippen LogP contribution in [-0.4, -0.2) is 9.97 Å². The van der Waals surface area contributed by atoms with Gasteiger partial charge in [0.2, 0.25) is 0 Å². The number of benzene rings is 2. The maximum atomic E-state index is 11.4. The Kier molecular flexibility index (Phi) is 3.62. The third-order valence-corrected chi connectivity index (χ3v) is 3.16. The molecule has 1 heterocycles. The number of H-pyrrole nitrogens is 2. The first-order valence-electron chi connectivity index (χ1n) is 6.79. The molecule has 0 atom stereocenters. The second-order valence-electron chi connectivity index (χ2n) is 4.94. The van der Waals surface area contributed by atoms with E-state index in [-0.39, 0.29) is 0 Å². The monoisotopic (exact) mass is 294 g/mol. The molecule has 1 aromatic heterocycles. The Balaban J connectivity index is 1.94. The molecule has 0 amide bonds. The lowest BCUT2D eigenvalue weighted by Crippen LogP contribution is -2.21. The highest BCUT2D eigenvalue weighted by molar-refractivity contribution is 5.60. The summed E-state index contributed by atoms with van der Waals surface area (Å²) in [5.74, 6) is 1.35. The number of aryl methyl sites for hydroxylation is 1. The van der Waals surface area contributed by atoms with Gasteiger partial charge in [-0.2, -0.15) is 0 Å². The van der Waals surface area contributed by atoms with E-state index in [4.69, 9.17) is 4.74 Å². The summed E-state index contributed by atoms with van der Waals surface area (Å²) in [4.78, 5) is 27.5. The van der Waals surface area contributed by atoms with Crippen LogP contribution in [0.2, 0.25) is 0 Å². The SMILES string of the molecule is Cc1ccc(Oc2cccc(-c3cc(=O)[nH]c(=O)[nH]3)c2)cc1. The largest absolute Gasteiger partial charge is 0.457 e. The fourth-order valence-corrected chi connectivity index (χ4v) is 2.09. The first-order valence-corrected chi connectivity index (χ1v) is 6.79. The summed E-state index contributed by atoms with van der Waals surface area (Å²) in [6.45, 7) is 2.01. The molecule has 0 unspecified atom stereocenters. The van der Waals surface area contributed by atoms with Crippen molar-refractivity contribution in [2.75, 3.05) is 0 Å². The van der Waals surface area contributed by atoms with Gasteiger partial charge < -0.3 is 9.72 Å². The molecular weight excluding hydrogens is 280 g/mol. The minimum Gasteiger partial charge on any atom is -0.457 e. The second-order valence-corrected chi connectivity index (χ2v) is 4.94. The van der Waals surface area contributed by atoms with E-state index in [0.29, 0.717) is 17.0 Å². The van der Waals surface area contributed by atoms with E-state index >= 15 is 0 Å². The lowest BCUT2D eigenvalue weighted by Gasteiger charge is -2.08. The van der Waals surface area contributed by atoms with Crippen LogP contribution in [0.25, 0.3) is 11.3 Å². The van der Waals surface area contributed by atoms with Crippen LogP contribution in [0.3, 0.4) is 0 Å². The smallest absolute Gasteiger partial charge is 0.326 e. The highest BCUT2D eigenvalue weighted by Gasteiger charge is 2.03. The minimum atomic E-state index is -0.535. The first kappa shape index (κ1) is 13.9. The Morgan fingerprint density at radius 1 is 0.864 bits per heavy atom. The van der Waals surface area contributed by atoms with Crippen LogP contribution in [0.1, 0.15) is 5.56 Å². The summed E-state index contributed by atoms with van der Waals surface area (Å²) in [7, 11) is 0. The van der Waals surface area contributed by atoms with Gasteiger partial charge in [-0.15, -0.1) is 0 Å². The van der Waals surface area contributed by atoms with Crippen molar-refractivity contribution >= 4 is 0 Å². The van der Waals surface area contributed by atoms with Crippen molar-refractivity contribution < 1.29 is 4.74 Å². The molecule has 3 rings (SSSR count). The molecule has 3 aromatic rings. The Morgan fingerprint density at radius 2 is 1.64 bits per heavy atom. The molecule has 0 aliphatic carbocycles. The standard InChI is InChI=1S/C17H14N2O3/c1-11-5-7-13(8-6-11)22-14-4-2-3-12(9-14)15-10-16(20)19-17(21)18-15/h2-10H,1H3,(H2,18,19,20,21). The van der Waals surface area contributed by atoms with Crippen molar-refractivity contribution in [3.8, 4) is 22.8 Å². The van der Waals surface area contributed by atoms with Crippen LogP contribution in [0.15, 0.2) is 64.2 Å². The summed E-state index contributed by atoms with van der Waals surface area (Å²) in [5.41, 5.74) is 1.33. The molecule has 110 valence electrons. The Bertz CT molecular complexity index is 880. The van der Waals surface area contributed by atoms with E-state index < -0.39 is 11.2 Å². The van der Waals surface area contributed by atoms with Crippen molar-refractivity contribution in [2.24, 2.45) is 0 Å². The number of ether oxygens (including phenoxy) is 1. The zero-order chi connectivity index (χ0) is 15.5. The van der Waals surface area contributed by atoms with Gasteiger partial charge >= 0.3 is 5.69 Å².